The average molecular weight is 820 g/mol. The van der Waals surface area contributed by atoms with Gasteiger partial charge >= 0.3 is 0 Å². The quantitative estimate of drug-likeness (QED) is 0.208. The standard InChI is InChI=1S/C47H61N7O6/c55-44-37-31-36(35-11-9-34(10-12-35)33-52-16-3-1-2-4-17-52)42-40-38(45(56)53(46(42)57)20-7-18-50-23-27-59-28-24-50)32-39(48-13-22-49-14-5-6-15-49)43(41(37)40)47(58)54(44)21-8-19-51-25-29-60-30-26-51/h9-12,31-32,48H,1-8,13-30,33H2. The predicted molar refractivity (Wildman–Crippen MR) is 232 cm³/mol. The summed E-state index contributed by atoms with van der Waals surface area (Å²) in [4.78, 5) is 71.6. The highest BCUT2D eigenvalue weighted by atomic mass is 16.5. The van der Waals surface area contributed by atoms with Gasteiger partial charge in [-0.2, -0.15) is 0 Å². The number of hydrogen-bond donors (Lipinski definition) is 1. The molecule has 0 aliphatic carbocycles. The lowest BCUT2D eigenvalue weighted by molar-refractivity contribution is 0.0351. The molecule has 13 heteroatoms. The number of nitrogens with zero attached hydrogens (tertiary/aromatic N) is 6. The zero-order chi connectivity index (χ0) is 41.0. The number of ether oxygens (including phenoxy) is 2. The summed E-state index contributed by atoms with van der Waals surface area (Å²) in [5, 5.41) is 4.40. The zero-order valence-electron chi connectivity index (χ0n) is 35.2. The molecule has 0 atom stereocenters. The van der Waals surface area contributed by atoms with Crippen molar-refractivity contribution < 1.29 is 28.7 Å². The van der Waals surface area contributed by atoms with Gasteiger partial charge in [-0.1, -0.05) is 37.1 Å². The Labute approximate surface area is 353 Å². The Hall–Kier alpha value is -4.24. The zero-order valence-corrected chi connectivity index (χ0v) is 35.2. The summed E-state index contributed by atoms with van der Waals surface area (Å²) in [6.07, 6.45) is 8.58. The van der Waals surface area contributed by atoms with E-state index >= 15 is 0 Å². The third kappa shape index (κ3) is 8.62. The molecule has 3 aromatic rings. The SMILES string of the molecule is O=C1c2cc(-c3ccc(CN4CCCCCC4)cc3)c3c4c(cc(NCCN5CCCC5)c(c24)C(=O)N1CCCN1CCOCC1)C(=O)N(CCCN1CCOCC1)C3=O. The Morgan fingerprint density at radius 2 is 0.983 bits per heavy atom. The number of nitrogens with one attached hydrogen (secondary N) is 1. The Kier molecular flexibility index (Phi) is 12.9. The lowest BCUT2D eigenvalue weighted by Gasteiger charge is -2.35. The number of anilines is 1. The van der Waals surface area contributed by atoms with E-state index in [1.807, 2.05) is 6.07 Å². The Morgan fingerprint density at radius 3 is 1.58 bits per heavy atom. The molecule has 320 valence electrons. The van der Waals surface area contributed by atoms with E-state index in [0.717, 1.165) is 84.1 Å². The molecular formula is C47H61N7O6. The second-order valence-electron chi connectivity index (χ2n) is 17.4. The predicted octanol–water partition coefficient (Wildman–Crippen LogP) is 5.03. The van der Waals surface area contributed by atoms with E-state index in [1.165, 1.54) is 53.9 Å². The van der Waals surface area contributed by atoms with Crippen molar-refractivity contribution in [1.29, 1.82) is 0 Å². The average Bonchev–Trinajstić information content (AvgIpc) is 3.67. The van der Waals surface area contributed by atoms with Crippen LogP contribution in [-0.2, 0) is 16.0 Å². The van der Waals surface area contributed by atoms with Gasteiger partial charge < -0.3 is 19.7 Å². The lowest BCUT2D eigenvalue weighted by Crippen LogP contribution is -2.45. The maximum atomic E-state index is 15.0. The molecule has 0 saturated carbocycles. The summed E-state index contributed by atoms with van der Waals surface area (Å²) >= 11 is 0. The Morgan fingerprint density at radius 1 is 0.483 bits per heavy atom. The van der Waals surface area contributed by atoms with Gasteiger partial charge in [0.25, 0.3) is 23.6 Å². The minimum absolute atomic E-state index is 0.264. The summed E-state index contributed by atoms with van der Waals surface area (Å²) in [7, 11) is 0. The molecule has 0 radical (unpaired) electrons. The van der Waals surface area contributed by atoms with Crippen LogP contribution >= 0.6 is 0 Å². The van der Waals surface area contributed by atoms with Crippen LogP contribution in [-0.4, -0.2) is 171 Å². The van der Waals surface area contributed by atoms with Crippen molar-refractivity contribution in [2.75, 3.05) is 123 Å². The first-order chi connectivity index (χ1) is 29.4. The van der Waals surface area contributed by atoms with E-state index in [4.69, 9.17) is 9.47 Å². The minimum atomic E-state index is -0.382. The van der Waals surface area contributed by atoms with Crippen LogP contribution in [0.3, 0.4) is 0 Å². The van der Waals surface area contributed by atoms with Crippen molar-refractivity contribution in [3.8, 4) is 11.1 Å². The topological polar surface area (TPSA) is 118 Å². The number of imide groups is 2. The Balaban J connectivity index is 1.12. The minimum Gasteiger partial charge on any atom is -0.383 e. The molecule has 6 heterocycles. The van der Waals surface area contributed by atoms with Crippen molar-refractivity contribution in [3.05, 3.63) is 64.2 Å². The van der Waals surface area contributed by atoms with Crippen LogP contribution in [0, 0.1) is 0 Å². The smallest absolute Gasteiger partial charge is 0.263 e. The number of carbonyl (C=O) groups excluding carboxylic acids is 4. The van der Waals surface area contributed by atoms with E-state index in [2.05, 4.69) is 49.2 Å². The van der Waals surface area contributed by atoms with Crippen LogP contribution in [0.5, 0.6) is 0 Å². The fourth-order valence-electron chi connectivity index (χ4n) is 10.2. The van der Waals surface area contributed by atoms with Gasteiger partial charge in [0.05, 0.1) is 43.1 Å². The molecule has 13 nitrogen and oxygen atoms in total. The van der Waals surface area contributed by atoms with E-state index in [0.29, 0.717) is 90.1 Å². The van der Waals surface area contributed by atoms with Crippen LogP contribution in [0.4, 0.5) is 5.69 Å². The number of morpholine rings is 2. The van der Waals surface area contributed by atoms with Gasteiger partial charge in [-0.15, -0.1) is 0 Å². The van der Waals surface area contributed by atoms with Crippen LogP contribution < -0.4 is 5.32 Å². The first-order valence-electron chi connectivity index (χ1n) is 22.7. The van der Waals surface area contributed by atoms with Crippen molar-refractivity contribution >= 4 is 40.1 Å². The summed E-state index contributed by atoms with van der Waals surface area (Å²) < 4.78 is 11.1. The first kappa shape index (κ1) is 41.1. The van der Waals surface area contributed by atoms with Gasteiger partial charge in [0.15, 0.2) is 0 Å². The number of amides is 4. The second-order valence-corrected chi connectivity index (χ2v) is 17.4. The van der Waals surface area contributed by atoms with Gasteiger partial charge in [-0.3, -0.25) is 43.7 Å². The van der Waals surface area contributed by atoms with Crippen molar-refractivity contribution in [3.63, 3.8) is 0 Å². The number of rotatable bonds is 15. The number of benzene rings is 3. The fourth-order valence-corrected chi connectivity index (χ4v) is 10.2. The fraction of sp³-hybridized carbons (Fsp3) is 0.574. The molecule has 4 amide bonds. The normalized spacial score (nSPS) is 21.1. The van der Waals surface area contributed by atoms with Gasteiger partial charge in [-0.05, 0) is 93.5 Å². The molecule has 0 unspecified atom stereocenters. The van der Waals surface area contributed by atoms with E-state index in [9.17, 15) is 19.2 Å². The molecule has 1 N–H and O–H groups in total. The first-order valence-corrected chi connectivity index (χ1v) is 22.7. The molecule has 6 aliphatic heterocycles. The maximum absolute atomic E-state index is 15.0. The highest BCUT2D eigenvalue weighted by Crippen LogP contribution is 2.45. The summed E-state index contributed by atoms with van der Waals surface area (Å²) in [5.74, 6) is -1.52. The molecule has 60 heavy (non-hydrogen) atoms. The highest BCUT2D eigenvalue weighted by Gasteiger charge is 2.43. The second kappa shape index (κ2) is 18.8. The van der Waals surface area contributed by atoms with Crippen LogP contribution in [0.1, 0.15) is 98.4 Å². The summed E-state index contributed by atoms with van der Waals surface area (Å²) in [5.41, 5.74) is 4.66. The third-order valence-electron chi connectivity index (χ3n) is 13.5. The Bertz CT molecular complexity index is 2060. The van der Waals surface area contributed by atoms with Gasteiger partial charge in [0.1, 0.15) is 0 Å². The number of likely N-dealkylation sites (tertiary alicyclic amines) is 2. The van der Waals surface area contributed by atoms with Crippen LogP contribution in [0.15, 0.2) is 36.4 Å². The van der Waals surface area contributed by atoms with E-state index in [-0.39, 0.29) is 36.7 Å². The van der Waals surface area contributed by atoms with Crippen molar-refractivity contribution in [2.45, 2.75) is 57.9 Å². The molecule has 3 aromatic carbocycles. The van der Waals surface area contributed by atoms with Crippen LogP contribution in [0.25, 0.3) is 21.9 Å². The largest absolute Gasteiger partial charge is 0.383 e. The molecule has 0 bridgehead atoms. The molecule has 4 fully saturated rings. The van der Waals surface area contributed by atoms with E-state index < -0.39 is 0 Å². The molecule has 9 rings (SSSR count). The number of hydrogen-bond acceptors (Lipinski definition) is 11. The summed E-state index contributed by atoms with van der Waals surface area (Å²) in [6, 6.07) is 12.0. The molecular weight excluding hydrogens is 759 g/mol. The number of carbonyl (C=O) groups is 4. The maximum Gasteiger partial charge on any atom is 0.263 e. The third-order valence-corrected chi connectivity index (χ3v) is 13.5. The molecule has 4 saturated heterocycles. The van der Waals surface area contributed by atoms with Gasteiger partial charge in [0, 0.05) is 94.0 Å². The van der Waals surface area contributed by atoms with E-state index in [1.54, 1.807) is 6.07 Å². The monoisotopic (exact) mass is 819 g/mol. The molecule has 0 aromatic heterocycles. The van der Waals surface area contributed by atoms with Gasteiger partial charge in [-0.25, -0.2) is 0 Å². The molecule has 0 spiro atoms. The molecule has 6 aliphatic rings. The van der Waals surface area contributed by atoms with Gasteiger partial charge in [0.2, 0.25) is 0 Å². The van der Waals surface area contributed by atoms with Crippen molar-refractivity contribution in [1.82, 2.24) is 29.4 Å². The highest BCUT2D eigenvalue weighted by molar-refractivity contribution is 6.36. The summed E-state index contributed by atoms with van der Waals surface area (Å²) in [6.45, 7) is 14.6. The van der Waals surface area contributed by atoms with Crippen LogP contribution in [0.2, 0.25) is 0 Å². The lowest BCUT2D eigenvalue weighted by atomic mass is 9.81. The van der Waals surface area contributed by atoms with Crippen molar-refractivity contribution in [2.24, 2.45) is 0 Å².